The van der Waals surface area contributed by atoms with E-state index in [0.717, 1.165) is 11.1 Å². The van der Waals surface area contributed by atoms with E-state index in [-0.39, 0.29) is 82.8 Å². The number of rotatable bonds is 26. The molecule has 14 nitrogen and oxygen atoms in total. The smallest absolute Gasteiger partial charge is 0.297 e. The molecular formula is C50H96O14S2Si4. The molecule has 2 rings (SSSR count). The normalized spacial score (nSPS) is 15.8. The van der Waals surface area contributed by atoms with Crippen LogP contribution in [-0.2, 0) is 55.8 Å². The lowest BCUT2D eigenvalue weighted by Crippen LogP contribution is -2.45. The molecule has 0 aliphatic rings. The van der Waals surface area contributed by atoms with Gasteiger partial charge in [0, 0.05) is 0 Å². The third-order valence-electron chi connectivity index (χ3n) is 14.1. The summed E-state index contributed by atoms with van der Waals surface area (Å²) in [6, 6.07) is 12.8. The van der Waals surface area contributed by atoms with Gasteiger partial charge in [0.15, 0.2) is 33.3 Å². The van der Waals surface area contributed by atoms with Gasteiger partial charge in [0.1, 0.15) is 12.2 Å². The quantitative estimate of drug-likeness (QED) is 0.0670. The third kappa shape index (κ3) is 22.7. The maximum atomic E-state index is 13.2. The lowest BCUT2D eigenvalue weighted by Gasteiger charge is -2.37. The van der Waals surface area contributed by atoms with E-state index in [1.54, 1.807) is 24.3 Å². The predicted octanol–water partition coefficient (Wildman–Crippen LogP) is 11.0. The number of hydrogen-bond donors (Lipinski definition) is 2. The molecule has 4 unspecified atom stereocenters. The fourth-order valence-corrected chi connectivity index (χ4v) is 11.2. The van der Waals surface area contributed by atoms with Crippen molar-refractivity contribution >= 4 is 53.5 Å². The second-order valence-corrected chi connectivity index (χ2v) is 47.0. The topological polar surface area (TPSA) is 183 Å². The van der Waals surface area contributed by atoms with Crippen molar-refractivity contribution in [3.63, 3.8) is 0 Å². The van der Waals surface area contributed by atoms with E-state index in [2.05, 4.69) is 135 Å². The van der Waals surface area contributed by atoms with Crippen LogP contribution in [0.15, 0.2) is 58.3 Å². The zero-order valence-corrected chi connectivity index (χ0v) is 52.8. The van der Waals surface area contributed by atoms with Gasteiger partial charge in [-0.3, -0.25) is 8.37 Å². The summed E-state index contributed by atoms with van der Waals surface area (Å²) < 4.78 is 100. The summed E-state index contributed by atoms with van der Waals surface area (Å²) in [5.41, 5.74) is 1.84. The van der Waals surface area contributed by atoms with Gasteiger partial charge in [0.05, 0.1) is 74.9 Å². The van der Waals surface area contributed by atoms with Crippen LogP contribution in [0.2, 0.25) is 72.5 Å². The standard InChI is InChI=1S/C32H54O9S2Si2.C18H42O5Si2/c1-25-13-17-29(18-14-25)42(33,34)40-27(23-38-44(9,10)31(3,4)5)21-37-22-28(24-39-45(11,12)32(6,7)8)41-43(35,36)30-19-15-26(2)16-20-30;1-17(2,3)24(7,8)22-13-15(19)11-21-12-16(20)14-23-25(9,10)18(4,5)6/h13-20,27-28H,21-24H2,1-12H3;15-16,19-20H,11-14H2,1-10H3. The van der Waals surface area contributed by atoms with Crippen molar-refractivity contribution in [3.8, 4) is 0 Å². The summed E-state index contributed by atoms with van der Waals surface area (Å²) in [4.78, 5) is 0.0530. The summed E-state index contributed by atoms with van der Waals surface area (Å²) in [7, 11) is -16.5. The molecule has 2 aromatic rings. The SMILES string of the molecule is CC(C)(C)[Si](C)(C)OCC(O)COCC(O)CO[Si](C)(C)C(C)(C)C.Cc1ccc(S(=O)(=O)OC(COCC(CO[Si](C)(C)C(C)(C)C)OS(=O)(=O)c2ccc(C)cc2)CO[Si](C)(C)C(C)(C)C)cc1. The summed E-state index contributed by atoms with van der Waals surface area (Å²) in [6.07, 6.45) is -3.33. The van der Waals surface area contributed by atoms with Gasteiger partial charge >= 0.3 is 0 Å². The zero-order chi connectivity index (χ0) is 54.6. The van der Waals surface area contributed by atoms with Crippen molar-refractivity contribution in [2.24, 2.45) is 0 Å². The van der Waals surface area contributed by atoms with Crippen LogP contribution >= 0.6 is 0 Å². The first-order valence-electron chi connectivity index (χ1n) is 24.4. The number of hydrogen-bond acceptors (Lipinski definition) is 14. The maximum absolute atomic E-state index is 13.2. The van der Waals surface area contributed by atoms with E-state index >= 15 is 0 Å². The molecule has 0 aromatic heterocycles. The Kier molecular flexibility index (Phi) is 25.3. The van der Waals surface area contributed by atoms with Crippen molar-refractivity contribution in [1.82, 2.24) is 0 Å². The Morgan fingerprint density at radius 2 is 0.629 bits per heavy atom. The van der Waals surface area contributed by atoms with Crippen molar-refractivity contribution in [2.45, 2.75) is 204 Å². The van der Waals surface area contributed by atoms with Crippen LogP contribution in [0.3, 0.4) is 0 Å². The van der Waals surface area contributed by atoms with Crippen LogP contribution in [0.4, 0.5) is 0 Å². The van der Waals surface area contributed by atoms with Gasteiger partial charge in [-0.2, -0.15) is 16.8 Å². The molecule has 0 bridgehead atoms. The molecule has 0 saturated heterocycles. The molecule has 0 spiro atoms. The molecule has 70 heavy (non-hydrogen) atoms. The molecule has 0 aliphatic carbocycles. The van der Waals surface area contributed by atoms with E-state index in [1.165, 1.54) is 24.3 Å². The monoisotopic (exact) mass is 1100 g/mol. The summed E-state index contributed by atoms with van der Waals surface area (Å²) >= 11 is 0. The summed E-state index contributed by atoms with van der Waals surface area (Å²) in [5, 5.41) is 20.1. The minimum Gasteiger partial charge on any atom is -0.414 e. The molecule has 4 atom stereocenters. The van der Waals surface area contributed by atoms with Crippen LogP contribution in [0.1, 0.15) is 94.2 Å². The molecule has 2 aromatic carbocycles. The van der Waals surface area contributed by atoms with Gasteiger partial charge in [-0.25, -0.2) is 0 Å². The highest BCUT2D eigenvalue weighted by Crippen LogP contribution is 2.39. The molecule has 0 heterocycles. The molecule has 0 radical (unpaired) electrons. The van der Waals surface area contributed by atoms with Crippen LogP contribution in [0.25, 0.3) is 0 Å². The molecule has 20 heteroatoms. The average molecular weight is 1100 g/mol. The molecule has 2 N–H and O–H groups in total. The lowest BCUT2D eigenvalue weighted by molar-refractivity contribution is -0.0334. The fourth-order valence-electron chi connectivity index (χ4n) is 4.93. The minimum absolute atomic E-state index is 0.0186. The van der Waals surface area contributed by atoms with Gasteiger partial charge in [0.2, 0.25) is 0 Å². The van der Waals surface area contributed by atoms with E-state index in [4.69, 9.17) is 35.5 Å². The Balaban J connectivity index is 0.000000831. The average Bonchev–Trinajstić information content (AvgIpc) is 3.19. The molecule has 0 amide bonds. The first-order chi connectivity index (χ1) is 31.4. The molecule has 408 valence electrons. The number of aliphatic hydroxyl groups is 2. The summed E-state index contributed by atoms with van der Waals surface area (Å²) in [5.74, 6) is 0. The Hall–Kier alpha value is -1.19. The van der Waals surface area contributed by atoms with Crippen LogP contribution < -0.4 is 0 Å². The third-order valence-corrected chi connectivity index (χ3v) is 34.9. The number of aliphatic hydroxyl groups excluding tert-OH is 2. The number of aryl methyl sites for hydroxylation is 2. The molecular weight excluding hydrogens is 1000 g/mol. The van der Waals surface area contributed by atoms with Crippen molar-refractivity contribution in [1.29, 1.82) is 0 Å². The largest absolute Gasteiger partial charge is 0.414 e. The van der Waals surface area contributed by atoms with Gasteiger partial charge in [-0.15, -0.1) is 0 Å². The van der Waals surface area contributed by atoms with Gasteiger partial charge in [-0.1, -0.05) is 118 Å². The highest BCUT2D eigenvalue weighted by atomic mass is 32.2. The molecule has 0 aliphatic heterocycles. The van der Waals surface area contributed by atoms with Crippen LogP contribution in [-0.4, -0.2) is 138 Å². The number of ether oxygens (including phenoxy) is 2. The summed E-state index contributed by atoms with van der Waals surface area (Å²) in [6.45, 7) is 46.6. The van der Waals surface area contributed by atoms with Crippen molar-refractivity contribution in [2.75, 3.05) is 52.9 Å². The number of benzene rings is 2. The van der Waals surface area contributed by atoms with Crippen LogP contribution in [0, 0.1) is 13.8 Å². The Labute approximate surface area is 430 Å². The van der Waals surface area contributed by atoms with E-state index in [9.17, 15) is 27.0 Å². The van der Waals surface area contributed by atoms with Gasteiger partial charge in [-0.05, 0) is 111 Å². The second-order valence-electron chi connectivity index (χ2n) is 24.6. The maximum Gasteiger partial charge on any atom is 0.297 e. The first kappa shape index (κ1) is 66.8. The Bertz CT molecular complexity index is 1920. The molecule has 0 saturated carbocycles. The van der Waals surface area contributed by atoms with E-state index in [1.807, 2.05) is 13.8 Å². The fraction of sp³-hybridized carbons (Fsp3) is 0.760. The van der Waals surface area contributed by atoms with Crippen molar-refractivity contribution in [3.05, 3.63) is 59.7 Å². The van der Waals surface area contributed by atoms with Gasteiger partial charge < -0.3 is 37.4 Å². The highest BCUT2D eigenvalue weighted by Gasteiger charge is 2.41. The molecule has 0 fully saturated rings. The van der Waals surface area contributed by atoms with E-state index < -0.39 is 77.9 Å². The second kappa shape index (κ2) is 26.5. The zero-order valence-electron chi connectivity index (χ0n) is 47.2. The Morgan fingerprint density at radius 1 is 0.400 bits per heavy atom. The minimum atomic E-state index is -4.14. The van der Waals surface area contributed by atoms with Crippen LogP contribution in [0.5, 0.6) is 0 Å². The van der Waals surface area contributed by atoms with Gasteiger partial charge in [0.25, 0.3) is 20.2 Å². The van der Waals surface area contributed by atoms with E-state index in [0.29, 0.717) is 0 Å². The Morgan fingerprint density at radius 3 is 0.871 bits per heavy atom. The lowest BCUT2D eigenvalue weighted by atomic mass is 10.2. The first-order valence-corrected chi connectivity index (χ1v) is 38.9. The predicted molar refractivity (Wildman–Crippen MR) is 293 cm³/mol. The van der Waals surface area contributed by atoms with Crippen molar-refractivity contribution < 1.29 is 62.6 Å². The highest BCUT2D eigenvalue weighted by molar-refractivity contribution is 7.87.